The summed E-state index contributed by atoms with van der Waals surface area (Å²) < 4.78 is 47.7. The normalized spacial score (nSPS) is 11.5. The average Bonchev–Trinajstić information content (AvgIpc) is 3.55. The van der Waals surface area contributed by atoms with Gasteiger partial charge in [-0.3, -0.25) is 4.79 Å². The molecule has 0 saturated carbocycles. The van der Waals surface area contributed by atoms with E-state index < -0.39 is 17.6 Å². The van der Waals surface area contributed by atoms with Crippen LogP contribution >= 0.6 is 0 Å². The second-order valence-corrected chi connectivity index (χ2v) is 8.63. The van der Waals surface area contributed by atoms with E-state index in [1.165, 1.54) is 17.0 Å². The van der Waals surface area contributed by atoms with Crippen molar-refractivity contribution in [2.24, 2.45) is 0 Å². The summed E-state index contributed by atoms with van der Waals surface area (Å²) in [6.45, 7) is 2.11. The maximum atomic E-state index is 13.6. The number of hydrogen-bond donors (Lipinski definition) is 3. The predicted octanol–water partition coefficient (Wildman–Crippen LogP) is 5.95. The Morgan fingerprint density at radius 3 is 2.68 bits per heavy atom. The number of aryl methyl sites for hydroxylation is 1. The molecule has 11 heteroatoms. The molecule has 0 bridgehead atoms. The summed E-state index contributed by atoms with van der Waals surface area (Å²) in [5, 5.41) is 6.69. The maximum Gasteiger partial charge on any atom is 0.416 e. The summed E-state index contributed by atoms with van der Waals surface area (Å²) in [7, 11) is 1.59. The number of nitrogens with one attached hydrogen (secondary N) is 3. The second kappa shape index (κ2) is 9.92. The molecule has 0 unspecified atom stereocenters. The third-order valence-electron chi connectivity index (χ3n) is 5.94. The minimum Gasteiger partial charge on any atom is -0.496 e. The summed E-state index contributed by atoms with van der Waals surface area (Å²) in [4.78, 5) is 24.5. The number of benzene rings is 2. The van der Waals surface area contributed by atoms with Gasteiger partial charge >= 0.3 is 6.18 Å². The number of carbonyl (C=O) groups excluding carboxylic acids is 1. The molecule has 194 valence electrons. The van der Waals surface area contributed by atoms with Gasteiger partial charge in [0.1, 0.15) is 11.4 Å². The van der Waals surface area contributed by atoms with Gasteiger partial charge in [-0.05, 0) is 49.4 Å². The fraction of sp³-hybridized carbons (Fsp3) is 0.148. The van der Waals surface area contributed by atoms with Gasteiger partial charge in [-0.15, -0.1) is 0 Å². The van der Waals surface area contributed by atoms with Gasteiger partial charge in [-0.2, -0.15) is 13.2 Å². The fourth-order valence-corrected chi connectivity index (χ4v) is 4.12. The number of alkyl halides is 3. The number of carbonyl (C=O) groups is 1. The van der Waals surface area contributed by atoms with Crippen molar-refractivity contribution in [2.45, 2.75) is 19.6 Å². The monoisotopic (exact) mass is 520 g/mol. The van der Waals surface area contributed by atoms with Crippen molar-refractivity contribution in [1.29, 1.82) is 0 Å². The Morgan fingerprint density at radius 2 is 1.95 bits per heavy atom. The summed E-state index contributed by atoms with van der Waals surface area (Å²) in [5.74, 6) is 0.139. The highest BCUT2D eigenvalue weighted by Crippen LogP contribution is 2.33. The van der Waals surface area contributed by atoms with Crippen molar-refractivity contribution in [1.82, 2.24) is 19.5 Å². The molecule has 1 amide bonds. The number of rotatable bonds is 7. The smallest absolute Gasteiger partial charge is 0.416 e. The molecule has 0 saturated heterocycles. The SMILES string of the molecule is COc1c(CNc2cccc(C(=O)Nc3cc(-n4cnc(C)c4)cc(C(F)(F)F)c3)c2)cnc2[nH]ccc12. The summed E-state index contributed by atoms with van der Waals surface area (Å²) >= 11 is 0. The number of aromatic amines is 1. The molecule has 0 spiro atoms. The quantitative estimate of drug-likeness (QED) is 0.247. The van der Waals surface area contributed by atoms with E-state index in [1.807, 2.05) is 6.07 Å². The molecule has 5 aromatic rings. The highest BCUT2D eigenvalue weighted by atomic mass is 19.4. The van der Waals surface area contributed by atoms with Crippen molar-refractivity contribution in [3.8, 4) is 11.4 Å². The zero-order valence-electron chi connectivity index (χ0n) is 20.4. The Hall–Kier alpha value is -4.80. The van der Waals surface area contributed by atoms with Gasteiger partial charge in [-0.1, -0.05) is 6.07 Å². The van der Waals surface area contributed by atoms with E-state index in [4.69, 9.17) is 4.74 Å². The lowest BCUT2D eigenvalue weighted by Gasteiger charge is -2.14. The molecule has 0 aliphatic carbocycles. The molecular formula is C27H23F3N6O2. The number of methoxy groups -OCH3 is 1. The van der Waals surface area contributed by atoms with Gasteiger partial charge in [-0.25, -0.2) is 9.97 Å². The van der Waals surface area contributed by atoms with Crippen molar-refractivity contribution in [2.75, 3.05) is 17.7 Å². The van der Waals surface area contributed by atoms with Crippen LogP contribution in [0.2, 0.25) is 0 Å². The van der Waals surface area contributed by atoms with Gasteiger partial charge < -0.3 is 24.9 Å². The number of halogens is 3. The first-order valence-corrected chi connectivity index (χ1v) is 11.6. The van der Waals surface area contributed by atoms with E-state index in [1.54, 1.807) is 56.9 Å². The third-order valence-corrected chi connectivity index (χ3v) is 5.94. The molecule has 3 aromatic heterocycles. The van der Waals surface area contributed by atoms with E-state index >= 15 is 0 Å². The number of aromatic nitrogens is 4. The Morgan fingerprint density at radius 1 is 1.11 bits per heavy atom. The molecule has 2 aromatic carbocycles. The number of hydrogen-bond acceptors (Lipinski definition) is 5. The Kier molecular flexibility index (Phi) is 6.50. The predicted molar refractivity (Wildman–Crippen MR) is 138 cm³/mol. The van der Waals surface area contributed by atoms with Crippen LogP contribution in [0.5, 0.6) is 5.75 Å². The van der Waals surface area contributed by atoms with Crippen molar-refractivity contribution >= 4 is 28.3 Å². The van der Waals surface area contributed by atoms with Crippen LogP contribution < -0.4 is 15.4 Å². The highest BCUT2D eigenvalue weighted by Gasteiger charge is 2.31. The number of anilines is 2. The van der Waals surface area contributed by atoms with E-state index in [-0.39, 0.29) is 16.9 Å². The first-order chi connectivity index (χ1) is 18.2. The highest BCUT2D eigenvalue weighted by molar-refractivity contribution is 6.05. The summed E-state index contributed by atoms with van der Waals surface area (Å²) in [6.07, 6.45) is 1.92. The lowest BCUT2D eigenvalue weighted by atomic mass is 10.1. The van der Waals surface area contributed by atoms with E-state index in [0.29, 0.717) is 29.3 Å². The number of fused-ring (bicyclic) bond motifs is 1. The number of pyridine rings is 1. The van der Waals surface area contributed by atoms with E-state index in [9.17, 15) is 18.0 Å². The van der Waals surface area contributed by atoms with Gasteiger partial charge in [0.05, 0.1) is 30.1 Å². The van der Waals surface area contributed by atoms with Crippen LogP contribution in [0.25, 0.3) is 16.7 Å². The van der Waals surface area contributed by atoms with Crippen molar-refractivity contribution < 1.29 is 22.7 Å². The average molecular weight is 521 g/mol. The number of H-pyrrole nitrogens is 1. The fourth-order valence-electron chi connectivity index (χ4n) is 4.12. The van der Waals surface area contributed by atoms with Crippen molar-refractivity contribution in [3.63, 3.8) is 0 Å². The molecule has 5 rings (SSSR count). The minimum atomic E-state index is -4.59. The first-order valence-electron chi connectivity index (χ1n) is 11.6. The number of amides is 1. The maximum absolute atomic E-state index is 13.6. The number of ether oxygens (including phenoxy) is 1. The molecule has 3 heterocycles. The Labute approximate surface area is 215 Å². The van der Waals surface area contributed by atoms with Crippen LogP contribution in [0.1, 0.15) is 27.2 Å². The number of imidazole rings is 1. The zero-order chi connectivity index (χ0) is 26.9. The summed E-state index contributed by atoms with van der Waals surface area (Å²) in [5.41, 5.74) is 2.47. The molecule has 0 radical (unpaired) electrons. The van der Waals surface area contributed by atoms with Crippen LogP contribution in [0, 0.1) is 6.92 Å². The third kappa shape index (κ3) is 5.17. The van der Waals surface area contributed by atoms with Crippen molar-refractivity contribution in [3.05, 3.63) is 95.8 Å². The van der Waals surface area contributed by atoms with Gasteiger partial charge in [0.25, 0.3) is 5.91 Å². The topological polar surface area (TPSA) is 96.9 Å². The van der Waals surface area contributed by atoms with Crippen LogP contribution in [-0.2, 0) is 12.7 Å². The van der Waals surface area contributed by atoms with Crippen LogP contribution in [-0.4, -0.2) is 32.5 Å². The second-order valence-electron chi connectivity index (χ2n) is 8.63. The Balaban J connectivity index is 1.35. The summed E-state index contributed by atoms with van der Waals surface area (Å²) in [6, 6.07) is 11.9. The number of nitrogens with zero attached hydrogens (tertiary/aromatic N) is 3. The van der Waals surface area contributed by atoms with Crippen LogP contribution in [0.4, 0.5) is 24.5 Å². The molecule has 38 heavy (non-hydrogen) atoms. The van der Waals surface area contributed by atoms with E-state index in [2.05, 4.69) is 25.6 Å². The molecular weight excluding hydrogens is 497 g/mol. The van der Waals surface area contributed by atoms with Gasteiger partial charge in [0.15, 0.2) is 0 Å². The zero-order valence-corrected chi connectivity index (χ0v) is 20.4. The molecule has 0 aliphatic heterocycles. The molecule has 0 aliphatic rings. The lowest BCUT2D eigenvalue weighted by Crippen LogP contribution is -2.14. The van der Waals surface area contributed by atoms with Crippen LogP contribution in [0.15, 0.2) is 73.4 Å². The van der Waals surface area contributed by atoms with E-state index in [0.717, 1.165) is 23.1 Å². The van der Waals surface area contributed by atoms with Gasteiger partial charge in [0, 0.05) is 53.3 Å². The first kappa shape index (κ1) is 24.9. The molecule has 3 N–H and O–H groups in total. The largest absolute Gasteiger partial charge is 0.496 e. The Bertz CT molecular complexity index is 1620. The molecule has 8 nitrogen and oxygen atoms in total. The lowest BCUT2D eigenvalue weighted by molar-refractivity contribution is -0.137. The minimum absolute atomic E-state index is 0.0140. The molecule has 0 atom stereocenters. The van der Waals surface area contributed by atoms with Gasteiger partial charge in [0.2, 0.25) is 0 Å². The standard InChI is InChI=1S/C27H23F3N6O2/c1-16-14-36(15-34-16)22-10-19(27(28,29)30)9-21(11-22)35-26(37)17-4-3-5-20(8-17)32-12-18-13-33-25-23(6-7-31-25)24(18)38-2/h3-11,13-15,32H,12H2,1-2H3,(H,31,33)(H,35,37). The molecule has 0 fully saturated rings. The van der Waals surface area contributed by atoms with Crippen LogP contribution in [0.3, 0.4) is 0 Å².